The first-order valence-corrected chi connectivity index (χ1v) is 10.1. The molecule has 2 aromatic carbocycles. The fourth-order valence-corrected chi connectivity index (χ4v) is 3.88. The summed E-state index contributed by atoms with van der Waals surface area (Å²) < 4.78 is 23.8. The molecule has 1 aliphatic carbocycles. The van der Waals surface area contributed by atoms with Gasteiger partial charge in [-0.05, 0) is 42.2 Å². The summed E-state index contributed by atoms with van der Waals surface area (Å²) in [6, 6.07) is 13.5. The molecule has 0 bridgehead atoms. The Morgan fingerprint density at radius 3 is 2.37 bits per heavy atom. The summed E-state index contributed by atoms with van der Waals surface area (Å²) >= 11 is 0. The molecular weight excluding hydrogens is 387 g/mol. The van der Waals surface area contributed by atoms with Gasteiger partial charge in [0.2, 0.25) is 5.91 Å². The van der Waals surface area contributed by atoms with Crippen molar-refractivity contribution < 1.29 is 23.5 Å². The normalized spacial score (nSPS) is 20.6. The Morgan fingerprint density at radius 2 is 1.67 bits per heavy atom. The van der Waals surface area contributed by atoms with Gasteiger partial charge in [-0.1, -0.05) is 18.2 Å². The van der Waals surface area contributed by atoms with Gasteiger partial charge in [-0.3, -0.25) is 9.59 Å². The number of benzene rings is 2. The van der Waals surface area contributed by atoms with Crippen molar-refractivity contribution in [1.82, 2.24) is 9.80 Å². The molecule has 1 heterocycles. The van der Waals surface area contributed by atoms with Crippen LogP contribution in [0, 0.1) is 11.7 Å². The molecule has 0 radical (unpaired) electrons. The van der Waals surface area contributed by atoms with Crippen LogP contribution < -0.4 is 9.47 Å². The highest BCUT2D eigenvalue weighted by Crippen LogP contribution is 2.48. The maximum absolute atomic E-state index is 13.1. The number of amides is 2. The van der Waals surface area contributed by atoms with Crippen molar-refractivity contribution in [2.75, 3.05) is 39.9 Å². The van der Waals surface area contributed by atoms with Crippen molar-refractivity contribution in [2.45, 2.75) is 12.3 Å². The lowest BCUT2D eigenvalue weighted by Crippen LogP contribution is -2.52. The number of hydrogen-bond donors (Lipinski definition) is 0. The van der Waals surface area contributed by atoms with Crippen LogP contribution >= 0.6 is 0 Å². The van der Waals surface area contributed by atoms with Gasteiger partial charge in [-0.15, -0.1) is 0 Å². The minimum Gasteiger partial charge on any atom is -0.497 e. The quantitative estimate of drug-likeness (QED) is 0.732. The van der Waals surface area contributed by atoms with Crippen LogP contribution in [-0.4, -0.2) is 61.5 Å². The standard InChI is InChI=1S/C23H25FN2O4/c1-29-18-3-2-4-19(13-18)30-15-22(27)25-9-11-26(12-10-25)23(28)21-14-20(21)16-5-7-17(24)8-6-16/h2-8,13,20-21H,9-12,14-15H2,1H3. The first-order valence-electron chi connectivity index (χ1n) is 10.1. The van der Waals surface area contributed by atoms with Gasteiger partial charge in [-0.25, -0.2) is 4.39 Å². The number of hydrogen-bond acceptors (Lipinski definition) is 4. The highest BCUT2D eigenvalue weighted by molar-refractivity contribution is 5.83. The second kappa shape index (κ2) is 8.73. The molecule has 0 aromatic heterocycles. The van der Waals surface area contributed by atoms with Crippen LogP contribution in [0.2, 0.25) is 0 Å². The highest BCUT2D eigenvalue weighted by Gasteiger charge is 2.46. The van der Waals surface area contributed by atoms with Crippen LogP contribution in [0.5, 0.6) is 11.5 Å². The molecule has 1 aliphatic heterocycles. The van der Waals surface area contributed by atoms with E-state index in [-0.39, 0.29) is 36.1 Å². The zero-order valence-electron chi connectivity index (χ0n) is 16.9. The average Bonchev–Trinajstić information content (AvgIpc) is 3.58. The van der Waals surface area contributed by atoms with E-state index in [2.05, 4.69) is 0 Å². The van der Waals surface area contributed by atoms with E-state index in [0.29, 0.717) is 37.7 Å². The summed E-state index contributed by atoms with van der Waals surface area (Å²) in [7, 11) is 1.58. The lowest BCUT2D eigenvalue weighted by Gasteiger charge is -2.35. The summed E-state index contributed by atoms with van der Waals surface area (Å²) in [6.45, 7) is 2.00. The molecule has 4 rings (SSSR count). The maximum atomic E-state index is 13.1. The molecule has 1 saturated carbocycles. The van der Waals surface area contributed by atoms with Crippen LogP contribution in [0.4, 0.5) is 4.39 Å². The monoisotopic (exact) mass is 412 g/mol. The summed E-state index contributed by atoms with van der Waals surface area (Å²) in [5, 5.41) is 0. The molecular formula is C23H25FN2O4. The number of nitrogens with zero attached hydrogens (tertiary/aromatic N) is 2. The van der Waals surface area contributed by atoms with Crippen molar-refractivity contribution in [3.05, 3.63) is 59.9 Å². The number of carbonyl (C=O) groups excluding carboxylic acids is 2. The molecule has 2 aliphatic rings. The van der Waals surface area contributed by atoms with Gasteiger partial charge < -0.3 is 19.3 Å². The van der Waals surface area contributed by atoms with Gasteiger partial charge in [0.15, 0.2) is 6.61 Å². The van der Waals surface area contributed by atoms with E-state index in [1.54, 1.807) is 42.3 Å². The molecule has 1 saturated heterocycles. The van der Waals surface area contributed by atoms with Crippen LogP contribution in [0.15, 0.2) is 48.5 Å². The van der Waals surface area contributed by atoms with E-state index in [1.165, 1.54) is 12.1 Å². The molecule has 2 atom stereocenters. The molecule has 158 valence electrons. The molecule has 6 nitrogen and oxygen atoms in total. The molecule has 0 spiro atoms. The van der Waals surface area contributed by atoms with Crippen molar-refractivity contribution in [1.29, 1.82) is 0 Å². The Bertz CT molecular complexity index is 910. The molecule has 7 heteroatoms. The van der Waals surface area contributed by atoms with Crippen LogP contribution in [-0.2, 0) is 9.59 Å². The predicted molar refractivity (Wildman–Crippen MR) is 109 cm³/mol. The third kappa shape index (κ3) is 4.56. The van der Waals surface area contributed by atoms with E-state index in [1.807, 2.05) is 11.0 Å². The zero-order chi connectivity index (χ0) is 21.1. The average molecular weight is 412 g/mol. The predicted octanol–water partition coefficient (Wildman–Crippen LogP) is 2.69. The van der Waals surface area contributed by atoms with Gasteiger partial charge >= 0.3 is 0 Å². The van der Waals surface area contributed by atoms with E-state index < -0.39 is 0 Å². The summed E-state index contributed by atoms with van der Waals surface area (Å²) in [5.74, 6) is 1.16. The first-order chi connectivity index (χ1) is 14.5. The van der Waals surface area contributed by atoms with Crippen molar-refractivity contribution in [3.8, 4) is 11.5 Å². The number of carbonyl (C=O) groups is 2. The molecule has 30 heavy (non-hydrogen) atoms. The lowest BCUT2D eigenvalue weighted by atomic mass is 10.1. The van der Waals surface area contributed by atoms with Gasteiger partial charge in [0.25, 0.3) is 5.91 Å². The molecule has 2 unspecified atom stereocenters. The third-order valence-corrected chi connectivity index (χ3v) is 5.75. The fourth-order valence-electron chi connectivity index (χ4n) is 3.88. The van der Waals surface area contributed by atoms with Crippen molar-refractivity contribution in [3.63, 3.8) is 0 Å². The summed E-state index contributed by atoms with van der Waals surface area (Å²) in [6.07, 6.45) is 0.804. The van der Waals surface area contributed by atoms with Crippen molar-refractivity contribution >= 4 is 11.8 Å². The van der Waals surface area contributed by atoms with E-state index in [0.717, 1.165) is 12.0 Å². The molecule has 0 N–H and O–H groups in total. The first kappa shape index (κ1) is 20.2. The van der Waals surface area contributed by atoms with E-state index in [4.69, 9.17) is 9.47 Å². The van der Waals surface area contributed by atoms with Gasteiger partial charge in [0, 0.05) is 38.2 Å². The summed E-state index contributed by atoms with van der Waals surface area (Å²) in [5.41, 5.74) is 1.01. The van der Waals surface area contributed by atoms with Crippen LogP contribution in [0.1, 0.15) is 17.9 Å². The van der Waals surface area contributed by atoms with Crippen molar-refractivity contribution in [2.24, 2.45) is 5.92 Å². The molecule has 2 fully saturated rings. The third-order valence-electron chi connectivity index (χ3n) is 5.75. The van der Waals surface area contributed by atoms with Crippen LogP contribution in [0.25, 0.3) is 0 Å². The smallest absolute Gasteiger partial charge is 0.260 e. The molecule has 2 amide bonds. The Balaban J connectivity index is 1.23. The Morgan fingerprint density at radius 1 is 1.00 bits per heavy atom. The number of halogens is 1. The zero-order valence-corrected chi connectivity index (χ0v) is 16.9. The second-order valence-electron chi connectivity index (χ2n) is 7.67. The Kier molecular flexibility index (Phi) is 5.88. The minimum atomic E-state index is -0.265. The Hall–Kier alpha value is -3.09. The number of ether oxygens (including phenoxy) is 2. The number of piperazine rings is 1. The van der Waals surface area contributed by atoms with E-state index in [9.17, 15) is 14.0 Å². The van der Waals surface area contributed by atoms with Crippen LogP contribution in [0.3, 0.4) is 0 Å². The minimum absolute atomic E-state index is 0.0332. The summed E-state index contributed by atoms with van der Waals surface area (Å²) in [4.78, 5) is 28.8. The molecule has 2 aromatic rings. The van der Waals surface area contributed by atoms with Gasteiger partial charge in [-0.2, -0.15) is 0 Å². The van der Waals surface area contributed by atoms with Gasteiger partial charge in [0.05, 0.1) is 7.11 Å². The van der Waals surface area contributed by atoms with Gasteiger partial charge in [0.1, 0.15) is 17.3 Å². The highest BCUT2D eigenvalue weighted by atomic mass is 19.1. The number of rotatable bonds is 6. The SMILES string of the molecule is COc1cccc(OCC(=O)N2CCN(C(=O)C3CC3c3ccc(F)cc3)CC2)c1. The number of methoxy groups -OCH3 is 1. The fraction of sp³-hybridized carbons (Fsp3) is 0.391. The lowest BCUT2D eigenvalue weighted by molar-refractivity contribution is -0.141. The topological polar surface area (TPSA) is 59.1 Å². The maximum Gasteiger partial charge on any atom is 0.260 e. The Labute approximate surface area is 175 Å². The van der Waals surface area contributed by atoms with E-state index >= 15 is 0 Å². The largest absolute Gasteiger partial charge is 0.497 e. The second-order valence-corrected chi connectivity index (χ2v) is 7.67.